The van der Waals surface area contributed by atoms with Crippen molar-refractivity contribution in [3.8, 4) is 11.3 Å². The highest BCUT2D eigenvalue weighted by atomic mass is 32.2. The number of H-pyrrole nitrogens is 1. The quantitative estimate of drug-likeness (QED) is 0.471. The minimum absolute atomic E-state index is 0.103. The molecule has 4 N–H and O–H groups in total. The maximum absolute atomic E-state index is 12.2. The third kappa shape index (κ3) is 4.09. The monoisotopic (exact) mass is 367 g/mol. The molecule has 0 aliphatic carbocycles. The number of nitrogens with two attached hydrogens (primary N) is 1. The molecular weight excluding hydrogens is 350 g/mol. The second kappa shape index (κ2) is 7.83. The van der Waals surface area contributed by atoms with Crippen LogP contribution in [0.1, 0.15) is 5.56 Å². The first-order valence-corrected chi connectivity index (χ1v) is 8.83. The van der Waals surface area contributed by atoms with E-state index in [0.29, 0.717) is 11.3 Å². The summed E-state index contributed by atoms with van der Waals surface area (Å²) >= 11 is 1.10. The van der Waals surface area contributed by atoms with Gasteiger partial charge >= 0.3 is 0 Å². The van der Waals surface area contributed by atoms with Gasteiger partial charge in [-0.3, -0.25) is 14.6 Å². The number of benzene rings is 2. The van der Waals surface area contributed by atoms with E-state index >= 15 is 0 Å². The van der Waals surface area contributed by atoms with Crippen molar-refractivity contribution in [1.82, 2.24) is 15.2 Å². The molecule has 26 heavy (non-hydrogen) atoms. The topological polar surface area (TPSA) is 114 Å². The van der Waals surface area contributed by atoms with Gasteiger partial charge in [-0.25, -0.2) is 0 Å². The lowest BCUT2D eigenvalue weighted by atomic mass is 10.1. The standard InChI is InChI=1S/C18H17N5O2S/c1-11-6-2-5-9-14(11)20-15(24)10-26-18-21-17(25)16(22-23-18)12-7-3-4-8-13(12)19/h2-9H,10,19H2,1H3,(H,20,24)(H,21,23,25). The summed E-state index contributed by atoms with van der Waals surface area (Å²) < 4.78 is 0. The second-order valence-corrected chi connectivity index (χ2v) is 6.51. The zero-order valence-corrected chi connectivity index (χ0v) is 14.8. The van der Waals surface area contributed by atoms with Crippen LogP contribution in [0.15, 0.2) is 58.5 Å². The van der Waals surface area contributed by atoms with Crippen molar-refractivity contribution >= 4 is 29.0 Å². The highest BCUT2D eigenvalue weighted by molar-refractivity contribution is 7.99. The van der Waals surface area contributed by atoms with Gasteiger partial charge in [-0.1, -0.05) is 48.2 Å². The maximum atomic E-state index is 12.2. The molecule has 0 bridgehead atoms. The lowest BCUT2D eigenvalue weighted by Crippen LogP contribution is -2.17. The van der Waals surface area contributed by atoms with Gasteiger partial charge in [0.05, 0.1) is 5.75 Å². The highest BCUT2D eigenvalue weighted by Gasteiger charge is 2.12. The normalized spacial score (nSPS) is 10.5. The Morgan fingerprint density at radius 1 is 1.15 bits per heavy atom. The van der Waals surface area contributed by atoms with E-state index in [2.05, 4.69) is 20.5 Å². The Kier molecular flexibility index (Phi) is 5.33. The fourth-order valence-electron chi connectivity index (χ4n) is 2.31. The molecule has 0 spiro atoms. The number of nitrogens with zero attached hydrogens (tertiary/aromatic N) is 2. The van der Waals surface area contributed by atoms with E-state index in [9.17, 15) is 9.59 Å². The van der Waals surface area contributed by atoms with Crippen molar-refractivity contribution in [2.24, 2.45) is 0 Å². The number of amides is 1. The van der Waals surface area contributed by atoms with Gasteiger partial charge in [0, 0.05) is 16.9 Å². The molecule has 1 heterocycles. The molecule has 132 valence electrons. The van der Waals surface area contributed by atoms with Crippen molar-refractivity contribution < 1.29 is 4.79 Å². The Hall–Kier alpha value is -3.13. The number of carbonyl (C=O) groups is 1. The Morgan fingerprint density at radius 2 is 1.88 bits per heavy atom. The van der Waals surface area contributed by atoms with E-state index in [1.54, 1.807) is 24.3 Å². The van der Waals surface area contributed by atoms with Gasteiger partial charge < -0.3 is 11.1 Å². The summed E-state index contributed by atoms with van der Waals surface area (Å²) in [5.41, 5.74) is 8.32. The first-order chi connectivity index (χ1) is 12.5. The summed E-state index contributed by atoms with van der Waals surface area (Å²) in [5.74, 6) is -0.0884. The average Bonchev–Trinajstić information content (AvgIpc) is 2.63. The van der Waals surface area contributed by atoms with Crippen LogP contribution in [0, 0.1) is 6.92 Å². The van der Waals surface area contributed by atoms with Crippen LogP contribution in [0.4, 0.5) is 11.4 Å². The van der Waals surface area contributed by atoms with Crippen LogP contribution < -0.4 is 16.6 Å². The number of nitrogens with one attached hydrogen (secondary N) is 2. The molecule has 0 radical (unpaired) electrons. The molecule has 1 amide bonds. The number of anilines is 2. The molecule has 0 saturated carbocycles. The smallest absolute Gasteiger partial charge is 0.278 e. The van der Waals surface area contributed by atoms with E-state index in [1.165, 1.54) is 0 Å². The first kappa shape index (κ1) is 17.7. The lowest BCUT2D eigenvalue weighted by molar-refractivity contribution is -0.113. The molecule has 8 heteroatoms. The Labute approximate surface area is 154 Å². The van der Waals surface area contributed by atoms with Gasteiger partial charge in [-0.05, 0) is 24.6 Å². The Balaban J connectivity index is 1.67. The predicted octanol–water partition coefficient (Wildman–Crippen LogP) is 2.45. The first-order valence-electron chi connectivity index (χ1n) is 7.85. The summed E-state index contributed by atoms with van der Waals surface area (Å²) in [5, 5.41) is 11.0. The number of aryl methyl sites for hydroxylation is 1. The van der Waals surface area contributed by atoms with E-state index in [-0.39, 0.29) is 22.5 Å². The number of thioether (sulfide) groups is 1. The van der Waals surface area contributed by atoms with Crippen molar-refractivity contribution in [3.63, 3.8) is 0 Å². The summed E-state index contributed by atoms with van der Waals surface area (Å²) in [6.07, 6.45) is 0. The molecule has 7 nitrogen and oxygen atoms in total. The average molecular weight is 367 g/mol. The fraction of sp³-hybridized carbons (Fsp3) is 0.111. The van der Waals surface area contributed by atoms with E-state index in [1.807, 2.05) is 31.2 Å². The van der Waals surface area contributed by atoms with Gasteiger partial charge in [0.15, 0.2) is 10.9 Å². The summed E-state index contributed by atoms with van der Waals surface area (Å²) in [6.45, 7) is 1.92. The Morgan fingerprint density at radius 3 is 2.62 bits per heavy atom. The summed E-state index contributed by atoms with van der Waals surface area (Å²) in [7, 11) is 0. The van der Waals surface area contributed by atoms with Crippen LogP contribution in [-0.2, 0) is 4.79 Å². The van der Waals surface area contributed by atoms with Crippen LogP contribution in [0.2, 0.25) is 0 Å². The molecule has 0 saturated heterocycles. The van der Waals surface area contributed by atoms with Gasteiger partial charge in [0.25, 0.3) is 5.56 Å². The van der Waals surface area contributed by atoms with Gasteiger partial charge in [0.2, 0.25) is 5.91 Å². The highest BCUT2D eigenvalue weighted by Crippen LogP contribution is 2.21. The molecule has 3 rings (SSSR count). The van der Waals surface area contributed by atoms with Gasteiger partial charge in [-0.2, -0.15) is 0 Å². The molecule has 0 aliphatic rings. The number of nitrogen functional groups attached to an aromatic ring is 1. The van der Waals surface area contributed by atoms with Crippen LogP contribution in [0.25, 0.3) is 11.3 Å². The molecular formula is C18H17N5O2S. The second-order valence-electron chi connectivity index (χ2n) is 5.55. The zero-order valence-electron chi connectivity index (χ0n) is 14.0. The SMILES string of the molecule is Cc1ccccc1NC(=O)CSc1nnc(-c2ccccc2N)c(=O)[nH]1. The molecule has 2 aromatic carbocycles. The third-order valence-corrected chi connectivity index (χ3v) is 4.52. The van der Waals surface area contributed by atoms with E-state index in [4.69, 9.17) is 5.73 Å². The minimum Gasteiger partial charge on any atom is -0.398 e. The molecule has 0 fully saturated rings. The number of hydrogen-bond acceptors (Lipinski definition) is 6. The van der Waals surface area contributed by atoms with Crippen LogP contribution in [0.3, 0.4) is 0 Å². The summed E-state index contributed by atoms with van der Waals surface area (Å²) in [6, 6.07) is 14.4. The minimum atomic E-state index is -0.403. The number of para-hydroxylation sites is 2. The van der Waals surface area contributed by atoms with E-state index in [0.717, 1.165) is 23.0 Å². The van der Waals surface area contributed by atoms with Crippen molar-refractivity contribution in [1.29, 1.82) is 0 Å². The number of aromatic amines is 1. The van der Waals surface area contributed by atoms with Crippen LogP contribution in [-0.4, -0.2) is 26.8 Å². The zero-order chi connectivity index (χ0) is 18.5. The number of rotatable bonds is 5. The number of hydrogen-bond donors (Lipinski definition) is 3. The molecule has 0 atom stereocenters. The molecule has 3 aromatic rings. The van der Waals surface area contributed by atoms with Crippen LogP contribution in [0.5, 0.6) is 0 Å². The van der Waals surface area contributed by atoms with E-state index < -0.39 is 5.56 Å². The third-order valence-electron chi connectivity index (χ3n) is 3.65. The fourth-order valence-corrected chi connectivity index (χ4v) is 2.91. The largest absolute Gasteiger partial charge is 0.398 e. The van der Waals surface area contributed by atoms with Crippen molar-refractivity contribution in [2.45, 2.75) is 12.1 Å². The van der Waals surface area contributed by atoms with Crippen LogP contribution >= 0.6 is 11.8 Å². The van der Waals surface area contributed by atoms with Crippen molar-refractivity contribution in [3.05, 3.63) is 64.4 Å². The molecule has 0 aliphatic heterocycles. The molecule has 1 aromatic heterocycles. The number of aromatic nitrogens is 3. The predicted molar refractivity (Wildman–Crippen MR) is 103 cm³/mol. The van der Waals surface area contributed by atoms with Gasteiger partial charge in [0.1, 0.15) is 0 Å². The van der Waals surface area contributed by atoms with Crippen molar-refractivity contribution in [2.75, 3.05) is 16.8 Å². The van der Waals surface area contributed by atoms with Gasteiger partial charge in [-0.15, -0.1) is 10.2 Å². The number of carbonyl (C=O) groups excluding carboxylic acids is 1. The maximum Gasteiger partial charge on any atom is 0.278 e. The lowest BCUT2D eigenvalue weighted by Gasteiger charge is -2.07. The molecule has 0 unspecified atom stereocenters. The summed E-state index contributed by atoms with van der Waals surface area (Å²) in [4.78, 5) is 26.9. The Bertz CT molecular complexity index is 1000.